The second-order valence-corrected chi connectivity index (χ2v) is 13.0. The molecule has 0 saturated carbocycles. The van der Waals surface area contributed by atoms with Gasteiger partial charge in [-0.2, -0.15) is 0 Å². The average molecular weight is 576 g/mol. The number of amidine groups is 1. The van der Waals surface area contributed by atoms with Gasteiger partial charge >= 0.3 is 0 Å². The lowest BCUT2D eigenvalue weighted by molar-refractivity contribution is -0.127. The molecule has 2 N–H and O–H groups in total. The summed E-state index contributed by atoms with van der Waals surface area (Å²) in [4.78, 5) is 33.0. The van der Waals surface area contributed by atoms with Crippen molar-refractivity contribution in [2.24, 2.45) is 16.6 Å². The fourth-order valence-electron chi connectivity index (χ4n) is 5.56. The molecule has 5 rings (SSSR count). The van der Waals surface area contributed by atoms with Gasteiger partial charge in [-0.25, -0.2) is 17.7 Å². The molecule has 0 aliphatic carbocycles. The van der Waals surface area contributed by atoms with Gasteiger partial charge in [0.2, 0.25) is 15.9 Å². The second-order valence-electron chi connectivity index (χ2n) is 11.0. The maximum atomic E-state index is 13.3. The standard InChI is InChI=1S/C31H37N5O4S/c1-4-11-34(12-5-2)30(37)26-15-25-7-6-23(16-28(25)33-29(32)17-26)22-8-9-27-24(14-22)10-13-35(31(27)38)18-21-19-36(20-21)41(3,39)40/h6-10,13-16,21H,4-5,11-12,17-20H2,1-3H3,(H2,32,33). The van der Waals surface area contributed by atoms with Crippen molar-refractivity contribution in [3.05, 3.63) is 70.2 Å². The molecule has 0 spiro atoms. The first-order valence-corrected chi connectivity index (χ1v) is 16.0. The van der Waals surface area contributed by atoms with Crippen LogP contribution in [0.3, 0.4) is 0 Å². The van der Waals surface area contributed by atoms with Crippen LogP contribution in [-0.2, 0) is 21.4 Å². The molecule has 0 atom stereocenters. The summed E-state index contributed by atoms with van der Waals surface area (Å²) < 4.78 is 26.4. The highest BCUT2D eigenvalue weighted by atomic mass is 32.2. The van der Waals surface area contributed by atoms with Crippen molar-refractivity contribution in [2.75, 3.05) is 32.4 Å². The first-order valence-electron chi connectivity index (χ1n) is 14.1. The van der Waals surface area contributed by atoms with Crippen molar-refractivity contribution < 1.29 is 13.2 Å². The van der Waals surface area contributed by atoms with E-state index in [9.17, 15) is 18.0 Å². The molecular weight excluding hydrogens is 538 g/mol. The minimum absolute atomic E-state index is 0.00833. The average Bonchev–Trinajstić information content (AvgIpc) is 3.07. The van der Waals surface area contributed by atoms with Crippen molar-refractivity contribution in [2.45, 2.75) is 39.7 Å². The van der Waals surface area contributed by atoms with E-state index in [-0.39, 0.29) is 17.4 Å². The van der Waals surface area contributed by atoms with Crippen LogP contribution in [0, 0.1) is 5.92 Å². The molecule has 1 saturated heterocycles. The number of pyridine rings is 1. The minimum Gasteiger partial charge on any atom is -0.387 e. The zero-order valence-electron chi connectivity index (χ0n) is 23.8. The number of carbonyl (C=O) groups is 1. The smallest absolute Gasteiger partial charge is 0.258 e. The molecule has 3 heterocycles. The summed E-state index contributed by atoms with van der Waals surface area (Å²) in [5.41, 5.74) is 10.3. The van der Waals surface area contributed by atoms with Gasteiger partial charge in [-0.3, -0.25) is 9.59 Å². The highest BCUT2D eigenvalue weighted by Gasteiger charge is 2.33. The largest absolute Gasteiger partial charge is 0.387 e. The van der Waals surface area contributed by atoms with E-state index in [1.54, 1.807) is 10.8 Å². The summed E-state index contributed by atoms with van der Waals surface area (Å²) in [5, 5.41) is 1.44. The van der Waals surface area contributed by atoms with Crippen LogP contribution < -0.4 is 11.3 Å². The molecule has 9 nitrogen and oxygen atoms in total. The van der Waals surface area contributed by atoms with Crippen molar-refractivity contribution in [3.8, 4) is 11.1 Å². The van der Waals surface area contributed by atoms with Crippen molar-refractivity contribution in [3.63, 3.8) is 0 Å². The van der Waals surface area contributed by atoms with E-state index < -0.39 is 10.0 Å². The molecule has 0 bridgehead atoms. The van der Waals surface area contributed by atoms with Crippen LogP contribution in [0.5, 0.6) is 0 Å². The van der Waals surface area contributed by atoms with Crippen LogP contribution in [0.2, 0.25) is 0 Å². The molecular formula is C31H37N5O4S. The summed E-state index contributed by atoms with van der Waals surface area (Å²) in [6.45, 7) is 6.92. The fraction of sp³-hybridized carbons (Fsp3) is 0.387. The maximum Gasteiger partial charge on any atom is 0.258 e. The number of aromatic nitrogens is 1. The molecule has 10 heteroatoms. The van der Waals surface area contributed by atoms with Gasteiger partial charge in [0.15, 0.2) is 0 Å². The quantitative estimate of drug-likeness (QED) is 0.414. The maximum absolute atomic E-state index is 13.3. The molecule has 216 valence electrons. The van der Waals surface area contributed by atoms with Crippen molar-refractivity contribution in [1.29, 1.82) is 0 Å². The summed E-state index contributed by atoms with van der Waals surface area (Å²) >= 11 is 0. The van der Waals surface area contributed by atoms with Crippen molar-refractivity contribution >= 4 is 44.3 Å². The van der Waals surface area contributed by atoms with Crippen LogP contribution in [0.15, 0.2) is 64.0 Å². The van der Waals surface area contributed by atoms with Gasteiger partial charge in [0.05, 0.1) is 11.9 Å². The number of benzene rings is 2. The zero-order valence-corrected chi connectivity index (χ0v) is 24.7. The van der Waals surface area contributed by atoms with Gasteiger partial charge in [0.1, 0.15) is 5.84 Å². The molecule has 1 aromatic heterocycles. The third-order valence-electron chi connectivity index (χ3n) is 7.70. The predicted octanol–water partition coefficient (Wildman–Crippen LogP) is 3.98. The Morgan fingerprint density at radius 1 is 1.05 bits per heavy atom. The van der Waals surface area contributed by atoms with Crippen LogP contribution in [0.4, 0.5) is 5.69 Å². The Morgan fingerprint density at radius 3 is 2.41 bits per heavy atom. The number of hydrogen-bond acceptors (Lipinski definition) is 6. The molecule has 41 heavy (non-hydrogen) atoms. The first kappa shape index (κ1) is 28.8. The van der Waals surface area contributed by atoms with Crippen molar-refractivity contribution in [1.82, 2.24) is 13.8 Å². The van der Waals surface area contributed by atoms with E-state index >= 15 is 0 Å². The molecule has 3 aromatic rings. The predicted molar refractivity (Wildman–Crippen MR) is 165 cm³/mol. The van der Waals surface area contributed by atoms with Gasteiger partial charge < -0.3 is 15.2 Å². The first-order chi connectivity index (χ1) is 19.6. The number of aliphatic imine (C=N–C) groups is 1. The number of hydrogen-bond donors (Lipinski definition) is 1. The lowest BCUT2D eigenvalue weighted by atomic mass is 9.98. The van der Waals surface area contributed by atoms with Crippen LogP contribution in [0.25, 0.3) is 28.0 Å². The highest BCUT2D eigenvalue weighted by molar-refractivity contribution is 7.88. The molecule has 2 aliphatic heterocycles. The number of nitrogens with zero attached hydrogens (tertiary/aromatic N) is 4. The van der Waals surface area contributed by atoms with E-state index in [2.05, 4.69) is 18.8 Å². The molecule has 2 aromatic carbocycles. The molecule has 0 radical (unpaired) electrons. The number of carbonyl (C=O) groups excluding carboxylic acids is 1. The molecule has 1 amide bonds. The third-order valence-corrected chi connectivity index (χ3v) is 8.94. The van der Waals surface area contributed by atoms with E-state index in [0.717, 1.165) is 34.9 Å². The Bertz CT molecular complexity index is 1710. The van der Waals surface area contributed by atoms with Gasteiger partial charge in [0, 0.05) is 67.8 Å². The highest BCUT2D eigenvalue weighted by Crippen LogP contribution is 2.33. The molecule has 0 unspecified atom stereocenters. The second kappa shape index (κ2) is 11.6. The monoisotopic (exact) mass is 575 g/mol. The topological polar surface area (TPSA) is 118 Å². The van der Waals surface area contributed by atoms with Gasteiger partial charge in [-0.05, 0) is 59.7 Å². The van der Waals surface area contributed by atoms with Gasteiger partial charge in [-0.1, -0.05) is 32.0 Å². The minimum atomic E-state index is -3.18. The number of fused-ring (bicyclic) bond motifs is 2. The van der Waals surface area contributed by atoms with E-state index in [0.29, 0.717) is 61.6 Å². The Kier molecular flexibility index (Phi) is 8.15. The Hall–Kier alpha value is -3.76. The summed E-state index contributed by atoms with van der Waals surface area (Å²) in [6.07, 6.45) is 6.99. The van der Waals surface area contributed by atoms with E-state index in [4.69, 9.17) is 5.73 Å². The molecule has 2 aliphatic rings. The molecule has 1 fully saturated rings. The number of amides is 1. The lowest BCUT2D eigenvalue weighted by Crippen LogP contribution is -2.51. The SMILES string of the molecule is CCCN(CCC)C(=O)C1=Cc2ccc(-c3ccc4c(=O)n(CC5CN(S(C)(=O)=O)C5)ccc4c3)cc2N=C(N)C1. The number of rotatable bonds is 9. The Morgan fingerprint density at radius 2 is 1.73 bits per heavy atom. The number of nitrogens with two attached hydrogens (primary N) is 1. The van der Waals surface area contributed by atoms with Crippen LogP contribution >= 0.6 is 0 Å². The Labute approximate surface area is 241 Å². The fourth-order valence-corrected chi connectivity index (χ4v) is 6.53. The van der Waals surface area contributed by atoms with Crippen LogP contribution in [0.1, 0.15) is 38.7 Å². The van der Waals surface area contributed by atoms with Gasteiger partial charge in [0.25, 0.3) is 5.56 Å². The van der Waals surface area contributed by atoms with E-state index in [1.165, 1.54) is 10.6 Å². The van der Waals surface area contributed by atoms with E-state index in [1.807, 2.05) is 53.4 Å². The lowest BCUT2D eigenvalue weighted by Gasteiger charge is -2.37. The van der Waals surface area contributed by atoms with Gasteiger partial charge in [-0.15, -0.1) is 0 Å². The van der Waals surface area contributed by atoms with Crippen LogP contribution in [-0.4, -0.2) is 66.4 Å². The summed E-state index contributed by atoms with van der Waals surface area (Å²) in [5.74, 6) is 0.533. The Balaban J connectivity index is 1.39. The normalized spacial score (nSPS) is 16.0. The number of sulfonamides is 1. The summed E-state index contributed by atoms with van der Waals surface area (Å²) in [6, 6.07) is 13.6. The summed E-state index contributed by atoms with van der Waals surface area (Å²) in [7, 11) is -3.18. The zero-order chi connectivity index (χ0) is 29.3. The third kappa shape index (κ3) is 6.13.